The number of hydrogen-bond acceptors (Lipinski definition) is 3. The Labute approximate surface area is 125 Å². The molecular formula is C15H16F2N2OS. The standard InChI is InChI=1S/C15H16F2N2OS/c1-8(2)21-15-18-12(7-13(20)19-15)9(3)14-10(16)5-4-6-11(14)17/h4-9H,1-3H3,(H,18,19,20). The van der Waals surface area contributed by atoms with Crippen LogP contribution < -0.4 is 5.56 Å². The number of nitrogens with zero attached hydrogens (tertiary/aromatic N) is 1. The van der Waals surface area contributed by atoms with E-state index >= 15 is 0 Å². The number of nitrogens with one attached hydrogen (secondary N) is 1. The fourth-order valence-corrected chi connectivity index (χ4v) is 2.79. The molecular weight excluding hydrogens is 294 g/mol. The van der Waals surface area contributed by atoms with Gasteiger partial charge in [0.25, 0.3) is 5.56 Å². The molecule has 0 aliphatic carbocycles. The predicted octanol–water partition coefficient (Wildman–Crippen LogP) is 3.70. The zero-order chi connectivity index (χ0) is 15.6. The van der Waals surface area contributed by atoms with E-state index in [4.69, 9.17) is 0 Å². The Hall–Kier alpha value is -1.69. The highest BCUT2D eigenvalue weighted by Gasteiger charge is 2.20. The van der Waals surface area contributed by atoms with Gasteiger partial charge in [-0.15, -0.1) is 0 Å². The highest BCUT2D eigenvalue weighted by atomic mass is 32.2. The molecule has 6 heteroatoms. The zero-order valence-corrected chi connectivity index (χ0v) is 12.8. The van der Waals surface area contributed by atoms with Gasteiger partial charge in [0, 0.05) is 22.8 Å². The summed E-state index contributed by atoms with van der Waals surface area (Å²) in [5, 5.41) is 0.694. The number of aromatic nitrogens is 2. The molecule has 1 unspecified atom stereocenters. The first-order valence-corrected chi connectivity index (χ1v) is 7.48. The lowest BCUT2D eigenvalue weighted by atomic mass is 9.96. The SMILES string of the molecule is CC(C)Sc1nc(C(C)c2c(F)cccc2F)cc(=O)[nH]1. The normalized spacial score (nSPS) is 12.7. The molecule has 1 aromatic heterocycles. The summed E-state index contributed by atoms with van der Waals surface area (Å²) in [4.78, 5) is 18.6. The molecule has 1 atom stereocenters. The lowest BCUT2D eigenvalue weighted by Gasteiger charge is -2.14. The van der Waals surface area contributed by atoms with Gasteiger partial charge in [0.15, 0.2) is 5.16 Å². The van der Waals surface area contributed by atoms with Crippen LogP contribution in [-0.2, 0) is 0 Å². The van der Waals surface area contributed by atoms with Crippen LogP contribution in [0.4, 0.5) is 8.78 Å². The van der Waals surface area contributed by atoms with Crippen LogP contribution in [0.5, 0.6) is 0 Å². The van der Waals surface area contributed by atoms with E-state index in [-0.39, 0.29) is 16.4 Å². The molecule has 0 spiro atoms. The average Bonchev–Trinajstić information content (AvgIpc) is 2.36. The summed E-state index contributed by atoms with van der Waals surface area (Å²) in [7, 11) is 0. The summed E-state index contributed by atoms with van der Waals surface area (Å²) in [6.07, 6.45) is 0. The molecule has 0 amide bonds. The number of halogens is 2. The average molecular weight is 310 g/mol. The van der Waals surface area contributed by atoms with E-state index in [1.54, 1.807) is 6.92 Å². The highest BCUT2D eigenvalue weighted by molar-refractivity contribution is 7.99. The fraction of sp³-hybridized carbons (Fsp3) is 0.333. The van der Waals surface area contributed by atoms with E-state index in [2.05, 4.69) is 9.97 Å². The van der Waals surface area contributed by atoms with E-state index in [0.29, 0.717) is 10.9 Å². The minimum atomic E-state index is -0.639. The minimum Gasteiger partial charge on any atom is -0.301 e. The minimum absolute atomic E-state index is 0.0731. The first-order valence-electron chi connectivity index (χ1n) is 6.60. The van der Waals surface area contributed by atoms with Gasteiger partial charge >= 0.3 is 0 Å². The molecule has 2 rings (SSSR count). The van der Waals surface area contributed by atoms with Crippen LogP contribution in [0.1, 0.15) is 37.9 Å². The van der Waals surface area contributed by atoms with Gasteiger partial charge in [-0.1, -0.05) is 38.6 Å². The summed E-state index contributed by atoms with van der Waals surface area (Å²) < 4.78 is 27.7. The maximum Gasteiger partial charge on any atom is 0.251 e. The predicted molar refractivity (Wildman–Crippen MR) is 79.7 cm³/mol. The van der Waals surface area contributed by atoms with Gasteiger partial charge < -0.3 is 4.98 Å². The van der Waals surface area contributed by atoms with E-state index in [9.17, 15) is 13.6 Å². The third kappa shape index (κ3) is 3.69. The van der Waals surface area contributed by atoms with Gasteiger partial charge in [-0.2, -0.15) is 0 Å². The van der Waals surface area contributed by atoms with Crippen molar-refractivity contribution in [3.63, 3.8) is 0 Å². The van der Waals surface area contributed by atoms with Crippen LogP contribution in [0.3, 0.4) is 0 Å². The fourth-order valence-electron chi connectivity index (χ4n) is 2.03. The molecule has 0 fully saturated rings. The summed E-state index contributed by atoms with van der Waals surface area (Å²) in [6, 6.07) is 4.99. The maximum atomic E-state index is 13.8. The first-order chi connectivity index (χ1) is 9.88. The number of rotatable bonds is 4. The third-order valence-corrected chi connectivity index (χ3v) is 3.85. The number of benzene rings is 1. The van der Waals surface area contributed by atoms with Gasteiger partial charge in [-0.05, 0) is 12.1 Å². The lowest BCUT2D eigenvalue weighted by molar-refractivity contribution is 0.543. The molecule has 0 aliphatic rings. The van der Waals surface area contributed by atoms with Crippen molar-refractivity contribution < 1.29 is 8.78 Å². The molecule has 1 N–H and O–H groups in total. The van der Waals surface area contributed by atoms with Crippen molar-refractivity contribution in [2.75, 3.05) is 0 Å². The molecule has 21 heavy (non-hydrogen) atoms. The van der Waals surface area contributed by atoms with Gasteiger partial charge in [-0.3, -0.25) is 4.79 Å². The second kappa shape index (κ2) is 6.39. The second-order valence-corrected chi connectivity index (χ2v) is 6.56. The van der Waals surface area contributed by atoms with Crippen LogP contribution in [0.25, 0.3) is 0 Å². The van der Waals surface area contributed by atoms with Gasteiger partial charge in [0.1, 0.15) is 11.6 Å². The van der Waals surface area contributed by atoms with E-state index < -0.39 is 17.6 Å². The third-order valence-electron chi connectivity index (χ3n) is 2.96. The molecule has 0 aliphatic heterocycles. The van der Waals surface area contributed by atoms with Crippen molar-refractivity contribution in [3.8, 4) is 0 Å². The van der Waals surface area contributed by atoms with Crippen molar-refractivity contribution >= 4 is 11.8 Å². The summed E-state index contributed by atoms with van der Waals surface area (Å²) in [5.74, 6) is -1.91. The lowest BCUT2D eigenvalue weighted by Crippen LogP contribution is -2.14. The Kier molecular flexibility index (Phi) is 4.77. The maximum absolute atomic E-state index is 13.8. The summed E-state index contributed by atoms with van der Waals surface area (Å²) in [6.45, 7) is 5.57. The Morgan fingerprint density at radius 1 is 1.19 bits per heavy atom. The van der Waals surface area contributed by atoms with Gasteiger partial charge in [0.05, 0.1) is 5.69 Å². The quantitative estimate of drug-likeness (QED) is 0.692. The summed E-state index contributed by atoms with van der Waals surface area (Å²) in [5.41, 5.74) is -0.0475. The van der Waals surface area contributed by atoms with Crippen molar-refractivity contribution in [1.29, 1.82) is 0 Å². The molecule has 2 aromatic rings. The molecule has 0 saturated heterocycles. The Morgan fingerprint density at radius 3 is 2.38 bits per heavy atom. The first kappa shape index (κ1) is 15.7. The highest BCUT2D eigenvalue weighted by Crippen LogP contribution is 2.28. The number of hydrogen-bond donors (Lipinski definition) is 1. The van der Waals surface area contributed by atoms with Crippen LogP contribution in [-0.4, -0.2) is 15.2 Å². The Bertz CT molecular complexity index is 680. The monoisotopic (exact) mass is 310 g/mol. The van der Waals surface area contributed by atoms with Crippen LogP contribution in [0.15, 0.2) is 34.2 Å². The topological polar surface area (TPSA) is 45.8 Å². The van der Waals surface area contributed by atoms with Crippen molar-refractivity contribution in [2.24, 2.45) is 0 Å². The molecule has 112 valence electrons. The van der Waals surface area contributed by atoms with Crippen molar-refractivity contribution in [3.05, 3.63) is 57.5 Å². The second-order valence-electron chi connectivity index (χ2n) is 5.00. The number of aromatic amines is 1. The molecule has 3 nitrogen and oxygen atoms in total. The smallest absolute Gasteiger partial charge is 0.251 e. The van der Waals surface area contributed by atoms with E-state index in [1.165, 1.54) is 36.0 Å². The van der Waals surface area contributed by atoms with Crippen LogP contribution >= 0.6 is 11.8 Å². The van der Waals surface area contributed by atoms with Crippen LogP contribution in [0, 0.1) is 11.6 Å². The zero-order valence-electron chi connectivity index (χ0n) is 12.0. The Balaban J connectivity index is 2.46. The van der Waals surface area contributed by atoms with Crippen molar-refractivity contribution in [2.45, 2.75) is 37.1 Å². The summed E-state index contributed by atoms with van der Waals surface area (Å²) >= 11 is 1.39. The van der Waals surface area contributed by atoms with Gasteiger partial charge in [0.2, 0.25) is 0 Å². The van der Waals surface area contributed by atoms with E-state index in [1.807, 2.05) is 13.8 Å². The number of H-pyrrole nitrogens is 1. The molecule has 0 bridgehead atoms. The van der Waals surface area contributed by atoms with Crippen LogP contribution in [0.2, 0.25) is 0 Å². The molecule has 1 heterocycles. The molecule has 0 saturated carbocycles. The largest absolute Gasteiger partial charge is 0.301 e. The van der Waals surface area contributed by atoms with E-state index in [0.717, 1.165) is 0 Å². The molecule has 1 aromatic carbocycles. The number of thioether (sulfide) groups is 1. The van der Waals surface area contributed by atoms with Gasteiger partial charge in [-0.25, -0.2) is 13.8 Å². The van der Waals surface area contributed by atoms with Crippen molar-refractivity contribution in [1.82, 2.24) is 9.97 Å². The Morgan fingerprint density at radius 2 is 1.81 bits per heavy atom. The molecule has 0 radical (unpaired) electrons.